The first-order valence-electron chi connectivity index (χ1n) is 14.6. The van der Waals surface area contributed by atoms with E-state index in [1.807, 2.05) is 12.1 Å². The fourth-order valence-corrected chi connectivity index (χ4v) is 6.94. The summed E-state index contributed by atoms with van der Waals surface area (Å²) in [5.74, 6) is -1.24. The lowest BCUT2D eigenvalue weighted by molar-refractivity contribution is -0.204. The first-order valence-corrected chi connectivity index (χ1v) is 16.2. The van der Waals surface area contributed by atoms with Crippen molar-refractivity contribution in [3.05, 3.63) is 54.0 Å². The second-order valence-electron chi connectivity index (χ2n) is 12.4. The number of hydrogen-bond acceptors (Lipinski definition) is 12. The number of anilines is 1. The minimum Gasteiger partial charge on any atom is -0.465 e. The van der Waals surface area contributed by atoms with E-state index < -0.39 is 49.5 Å². The molecule has 1 aromatic carbocycles. The van der Waals surface area contributed by atoms with E-state index in [1.54, 1.807) is 45.0 Å². The molecule has 0 saturated carbocycles. The summed E-state index contributed by atoms with van der Waals surface area (Å²) in [5.41, 5.74) is 6.09. The summed E-state index contributed by atoms with van der Waals surface area (Å²) in [6.45, 7) is 12.6. The van der Waals surface area contributed by atoms with Gasteiger partial charge in [-0.3, -0.25) is 9.32 Å². The number of nitriles is 1. The Morgan fingerprint density at radius 3 is 2.56 bits per heavy atom. The van der Waals surface area contributed by atoms with E-state index in [1.165, 1.54) is 17.8 Å². The molecule has 14 nitrogen and oxygen atoms in total. The van der Waals surface area contributed by atoms with Gasteiger partial charge >= 0.3 is 13.7 Å². The quantitative estimate of drug-likeness (QED) is 0.239. The number of rotatable bonds is 10. The molecule has 3 aromatic rings. The number of carbonyl (C=O) groups is 1. The molecule has 3 N–H and O–H groups in total. The lowest BCUT2D eigenvalue weighted by atomic mass is 9.87. The summed E-state index contributed by atoms with van der Waals surface area (Å²) in [5, 5.41) is 17.6. The highest BCUT2D eigenvalue weighted by molar-refractivity contribution is 7.52. The third-order valence-electron chi connectivity index (χ3n) is 7.61. The fraction of sp³-hybridized carbons (Fsp3) is 0.533. The predicted octanol–water partition coefficient (Wildman–Crippen LogP) is 3.99. The maximum Gasteiger partial charge on any atom is 0.459 e. The van der Waals surface area contributed by atoms with Crippen LogP contribution in [-0.2, 0) is 43.8 Å². The molecule has 0 amide bonds. The first-order chi connectivity index (χ1) is 21.1. The van der Waals surface area contributed by atoms with Crippen LogP contribution in [0.1, 0.15) is 59.7 Å². The Kier molecular flexibility index (Phi) is 8.74. The molecule has 0 spiro atoms. The zero-order valence-electron chi connectivity index (χ0n) is 26.3. The fourth-order valence-electron chi connectivity index (χ4n) is 5.44. The lowest BCUT2D eigenvalue weighted by Gasteiger charge is -2.29. The van der Waals surface area contributed by atoms with Crippen LogP contribution in [0.2, 0.25) is 0 Å². The maximum atomic E-state index is 14.2. The topological polar surface area (TPSA) is 182 Å². The van der Waals surface area contributed by atoms with Gasteiger partial charge < -0.3 is 29.2 Å². The Hall–Kier alpha value is -3.57. The zero-order valence-corrected chi connectivity index (χ0v) is 27.2. The van der Waals surface area contributed by atoms with Gasteiger partial charge in [-0.05, 0) is 62.9 Å². The van der Waals surface area contributed by atoms with Gasteiger partial charge in [-0.1, -0.05) is 32.9 Å². The lowest BCUT2D eigenvalue weighted by Crippen LogP contribution is -2.40. The van der Waals surface area contributed by atoms with Crippen molar-refractivity contribution in [1.82, 2.24) is 19.7 Å². The second kappa shape index (κ2) is 12.0. The van der Waals surface area contributed by atoms with Gasteiger partial charge in [0.1, 0.15) is 48.0 Å². The third-order valence-corrected chi connectivity index (χ3v) is 9.25. The van der Waals surface area contributed by atoms with Gasteiger partial charge in [0.25, 0.3) is 0 Å². The highest BCUT2D eigenvalue weighted by Gasteiger charge is 2.65. The molecular formula is C30H39N6O8P. The molecule has 1 unspecified atom stereocenters. The standard InChI is InChI=1S/C30H39N6O8P/c1-8-39-27(37)18(2)35-45(38,44-20-11-9-19(10-12-20)28(3,4)5)40-15-22-24-25(43-29(6,7)42-24)30(16-31,41-22)23-14-13-21-26(32)33-17-34-36(21)23/h9-14,17-18,22,24-25H,8,15H2,1-7H3,(H,35,38)(H2,32,33,34)/t18-,22+,24+,25+,30-,45?/m0/s1. The molecule has 45 heavy (non-hydrogen) atoms. The molecule has 242 valence electrons. The van der Waals surface area contributed by atoms with Crippen LogP contribution < -0.4 is 15.3 Å². The number of nitrogens with two attached hydrogens (primary N) is 1. The second-order valence-corrected chi connectivity index (χ2v) is 14.1. The molecule has 0 aliphatic carbocycles. The van der Waals surface area contributed by atoms with E-state index in [-0.39, 0.29) is 30.2 Å². The molecule has 4 heterocycles. The van der Waals surface area contributed by atoms with Crippen molar-refractivity contribution in [2.24, 2.45) is 0 Å². The van der Waals surface area contributed by atoms with Crippen LogP contribution in [0.3, 0.4) is 0 Å². The SMILES string of the molecule is CCOC(=O)[C@H](C)NP(=O)(OC[C@H]1O[C@@](C#N)(c2ccc3c(N)ncnn23)[C@@H]2OC(C)(C)O[C@@H]21)Oc1ccc(C(C)(C)C)cc1. The van der Waals surface area contributed by atoms with Crippen molar-refractivity contribution in [3.8, 4) is 11.8 Å². The van der Waals surface area contributed by atoms with E-state index in [2.05, 4.69) is 42.0 Å². The number of ether oxygens (including phenoxy) is 4. The molecule has 5 rings (SSSR count). The summed E-state index contributed by atoms with van der Waals surface area (Å²) in [4.78, 5) is 16.5. The number of aromatic nitrogens is 3. The molecule has 2 saturated heterocycles. The van der Waals surface area contributed by atoms with Gasteiger partial charge in [-0.2, -0.15) is 15.4 Å². The molecule has 2 aliphatic heterocycles. The van der Waals surface area contributed by atoms with Crippen molar-refractivity contribution in [2.45, 2.75) is 89.6 Å². The molecule has 6 atom stereocenters. The van der Waals surface area contributed by atoms with Gasteiger partial charge in [0.15, 0.2) is 11.6 Å². The molecule has 2 fully saturated rings. The molecule has 15 heteroatoms. The average molecular weight is 643 g/mol. The van der Waals surface area contributed by atoms with Gasteiger partial charge in [-0.25, -0.2) is 14.1 Å². The van der Waals surface area contributed by atoms with E-state index in [4.69, 9.17) is 33.7 Å². The van der Waals surface area contributed by atoms with Crippen LogP contribution in [0, 0.1) is 11.3 Å². The zero-order chi connectivity index (χ0) is 32.8. The number of nitrogen functional groups attached to an aromatic ring is 1. The summed E-state index contributed by atoms with van der Waals surface area (Å²) < 4.78 is 51.4. The summed E-state index contributed by atoms with van der Waals surface area (Å²) in [6, 6.07) is 11.7. The minimum atomic E-state index is -4.26. The predicted molar refractivity (Wildman–Crippen MR) is 162 cm³/mol. The van der Waals surface area contributed by atoms with Crippen LogP contribution in [0.4, 0.5) is 5.82 Å². The van der Waals surface area contributed by atoms with Crippen LogP contribution in [0.25, 0.3) is 5.52 Å². The Bertz CT molecular complexity index is 1650. The van der Waals surface area contributed by atoms with Crippen LogP contribution in [-0.4, -0.2) is 63.9 Å². The van der Waals surface area contributed by atoms with Gasteiger partial charge in [0.05, 0.1) is 18.9 Å². The number of nitrogens with zero attached hydrogens (tertiary/aromatic N) is 4. The molecule has 2 aliphatic rings. The smallest absolute Gasteiger partial charge is 0.459 e. The van der Waals surface area contributed by atoms with Gasteiger partial charge in [-0.15, -0.1) is 0 Å². The van der Waals surface area contributed by atoms with Crippen LogP contribution in [0.15, 0.2) is 42.7 Å². The Morgan fingerprint density at radius 1 is 1.20 bits per heavy atom. The summed E-state index contributed by atoms with van der Waals surface area (Å²) >= 11 is 0. The Labute approximate surface area is 261 Å². The number of fused-ring (bicyclic) bond motifs is 2. The van der Waals surface area contributed by atoms with E-state index in [0.29, 0.717) is 11.2 Å². The van der Waals surface area contributed by atoms with Gasteiger partial charge in [0, 0.05) is 0 Å². The number of hydrogen-bond donors (Lipinski definition) is 2. The molecule has 2 aromatic heterocycles. The van der Waals surface area contributed by atoms with Crippen LogP contribution >= 0.6 is 7.75 Å². The summed E-state index contributed by atoms with van der Waals surface area (Å²) in [7, 11) is -4.26. The first kappa shape index (κ1) is 32.8. The van der Waals surface area contributed by atoms with E-state index in [9.17, 15) is 14.6 Å². The largest absolute Gasteiger partial charge is 0.465 e. The number of nitrogens with one attached hydrogen (secondary N) is 1. The van der Waals surface area contributed by atoms with Crippen molar-refractivity contribution >= 4 is 25.1 Å². The maximum absolute atomic E-state index is 14.2. The average Bonchev–Trinajstić information content (AvgIpc) is 3.63. The van der Waals surface area contributed by atoms with E-state index >= 15 is 0 Å². The normalized spacial score (nSPS) is 26.1. The molecule has 0 bridgehead atoms. The Morgan fingerprint density at radius 2 is 1.91 bits per heavy atom. The highest BCUT2D eigenvalue weighted by Crippen LogP contribution is 2.51. The van der Waals surface area contributed by atoms with Crippen molar-refractivity contribution in [1.29, 1.82) is 5.26 Å². The Balaban J connectivity index is 1.45. The van der Waals surface area contributed by atoms with Gasteiger partial charge in [0.2, 0.25) is 5.60 Å². The third kappa shape index (κ3) is 6.42. The molecular weight excluding hydrogens is 603 g/mol. The van der Waals surface area contributed by atoms with E-state index in [0.717, 1.165) is 5.56 Å². The van der Waals surface area contributed by atoms with Crippen molar-refractivity contribution in [2.75, 3.05) is 18.9 Å². The highest BCUT2D eigenvalue weighted by atomic mass is 31.2. The molecule has 0 radical (unpaired) electrons. The van der Waals surface area contributed by atoms with Crippen molar-refractivity contribution < 1.29 is 37.4 Å². The minimum absolute atomic E-state index is 0.112. The van der Waals surface area contributed by atoms with Crippen LogP contribution in [0.5, 0.6) is 5.75 Å². The monoisotopic (exact) mass is 642 g/mol. The number of carbonyl (C=O) groups excluding carboxylic acids is 1. The van der Waals surface area contributed by atoms with Crippen molar-refractivity contribution in [3.63, 3.8) is 0 Å². The summed E-state index contributed by atoms with van der Waals surface area (Å²) in [6.07, 6.45) is -1.41. The number of benzene rings is 1. The number of esters is 1.